The van der Waals surface area contributed by atoms with Crippen LogP contribution in [0.4, 0.5) is 0 Å². The van der Waals surface area contributed by atoms with Crippen molar-refractivity contribution < 1.29 is 14.6 Å². The van der Waals surface area contributed by atoms with Crippen LogP contribution in [0.15, 0.2) is 18.5 Å². The minimum Gasteiger partial charge on any atom is -0.494 e. The van der Waals surface area contributed by atoms with E-state index in [1.54, 1.807) is 12.3 Å². The van der Waals surface area contributed by atoms with Gasteiger partial charge >= 0.3 is 5.97 Å². The van der Waals surface area contributed by atoms with Gasteiger partial charge in [-0.3, -0.25) is 0 Å². The number of ether oxygens (including phenoxy) is 1. The quantitative estimate of drug-likeness (QED) is 0.751. The van der Waals surface area contributed by atoms with E-state index in [0.29, 0.717) is 11.0 Å². The average molecular weight is 192 g/mol. The lowest BCUT2D eigenvalue weighted by Crippen LogP contribution is -2.01. The van der Waals surface area contributed by atoms with Gasteiger partial charge in [0.2, 0.25) is 0 Å². The molecule has 2 aromatic heterocycles. The number of carboxylic acids is 1. The van der Waals surface area contributed by atoms with Crippen LogP contribution in [-0.2, 0) is 0 Å². The van der Waals surface area contributed by atoms with Gasteiger partial charge in [0.25, 0.3) is 0 Å². The summed E-state index contributed by atoms with van der Waals surface area (Å²) in [4.78, 5) is 17.8. The molecular weight excluding hydrogens is 184 g/mol. The van der Waals surface area contributed by atoms with E-state index < -0.39 is 5.97 Å². The van der Waals surface area contributed by atoms with Gasteiger partial charge < -0.3 is 14.8 Å². The van der Waals surface area contributed by atoms with Crippen LogP contribution >= 0.6 is 0 Å². The van der Waals surface area contributed by atoms with Gasteiger partial charge in [-0.1, -0.05) is 0 Å². The summed E-state index contributed by atoms with van der Waals surface area (Å²) >= 11 is 0. The van der Waals surface area contributed by atoms with E-state index in [-0.39, 0.29) is 11.3 Å². The highest BCUT2D eigenvalue weighted by Crippen LogP contribution is 2.24. The molecule has 0 amide bonds. The summed E-state index contributed by atoms with van der Waals surface area (Å²) in [6.07, 6.45) is 3.03. The highest BCUT2D eigenvalue weighted by Gasteiger charge is 2.16. The first kappa shape index (κ1) is 8.55. The molecule has 2 rings (SSSR count). The molecule has 5 nitrogen and oxygen atoms in total. The number of methoxy groups -OCH3 is 1. The molecule has 0 saturated carbocycles. The third-order valence-corrected chi connectivity index (χ3v) is 1.99. The second kappa shape index (κ2) is 3.02. The number of hydrogen-bond acceptors (Lipinski definition) is 3. The monoisotopic (exact) mass is 192 g/mol. The summed E-state index contributed by atoms with van der Waals surface area (Å²) in [7, 11) is 1.42. The maximum atomic E-state index is 11.0. The van der Waals surface area contributed by atoms with Gasteiger partial charge in [0, 0.05) is 11.6 Å². The van der Waals surface area contributed by atoms with E-state index in [1.165, 1.54) is 13.3 Å². The molecule has 0 aliphatic rings. The second-order valence-electron chi connectivity index (χ2n) is 2.75. The molecule has 0 unspecified atom stereocenters. The Labute approximate surface area is 79.3 Å². The van der Waals surface area contributed by atoms with Crippen LogP contribution in [0.3, 0.4) is 0 Å². The molecular formula is C9H8N2O3. The van der Waals surface area contributed by atoms with Gasteiger partial charge in [0.1, 0.15) is 11.2 Å². The minimum atomic E-state index is -1.02. The molecule has 2 aromatic rings. The standard InChI is InChI=1S/C9H8N2O3/c1-14-6-4-11-8-5(2-3-10-8)7(6)9(12)13/h2-4H,1H3,(H,10,11)(H,12,13). The Kier molecular flexibility index (Phi) is 1.85. The summed E-state index contributed by atoms with van der Waals surface area (Å²) in [6, 6.07) is 1.66. The van der Waals surface area contributed by atoms with Crippen molar-refractivity contribution in [1.29, 1.82) is 0 Å². The van der Waals surface area contributed by atoms with E-state index in [4.69, 9.17) is 9.84 Å². The van der Waals surface area contributed by atoms with Crippen molar-refractivity contribution in [2.24, 2.45) is 0 Å². The summed E-state index contributed by atoms with van der Waals surface area (Å²) in [5, 5.41) is 9.54. The van der Waals surface area contributed by atoms with Gasteiger partial charge in [-0.05, 0) is 6.07 Å². The van der Waals surface area contributed by atoms with Gasteiger partial charge in [0.15, 0.2) is 5.75 Å². The Bertz CT molecular complexity index is 490. The molecule has 0 aliphatic carbocycles. The van der Waals surface area contributed by atoms with Crippen LogP contribution in [0.25, 0.3) is 11.0 Å². The SMILES string of the molecule is COc1cnc2[nH]ccc2c1C(=O)O. The van der Waals surface area contributed by atoms with Gasteiger partial charge in [-0.2, -0.15) is 0 Å². The first-order valence-corrected chi connectivity index (χ1v) is 3.97. The van der Waals surface area contributed by atoms with Crippen molar-refractivity contribution in [2.45, 2.75) is 0 Å². The van der Waals surface area contributed by atoms with Crippen molar-refractivity contribution in [3.05, 3.63) is 24.0 Å². The molecule has 2 N–H and O–H groups in total. The largest absolute Gasteiger partial charge is 0.494 e. The molecule has 5 heteroatoms. The Morgan fingerprint density at radius 2 is 2.43 bits per heavy atom. The Morgan fingerprint density at radius 3 is 3.07 bits per heavy atom. The van der Waals surface area contributed by atoms with Crippen molar-refractivity contribution in [1.82, 2.24) is 9.97 Å². The number of carboxylic acid groups (broad SMARTS) is 1. The fourth-order valence-corrected chi connectivity index (χ4v) is 1.36. The minimum absolute atomic E-state index is 0.138. The second-order valence-corrected chi connectivity index (χ2v) is 2.75. The normalized spacial score (nSPS) is 10.4. The van der Waals surface area contributed by atoms with E-state index in [0.717, 1.165) is 0 Å². The zero-order valence-corrected chi connectivity index (χ0v) is 7.44. The molecule has 14 heavy (non-hydrogen) atoms. The van der Waals surface area contributed by atoms with Crippen molar-refractivity contribution in [3.8, 4) is 5.75 Å². The fraction of sp³-hybridized carbons (Fsp3) is 0.111. The molecule has 0 radical (unpaired) electrons. The van der Waals surface area contributed by atoms with Crippen molar-refractivity contribution in [2.75, 3.05) is 7.11 Å². The number of nitrogens with zero attached hydrogens (tertiary/aromatic N) is 1. The fourth-order valence-electron chi connectivity index (χ4n) is 1.36. The number of nitrogens with one attached hydrogen (secondary N) is 1. The van der Waals surface area contributed by atoms with Crippen LogP contribution in [0, 0.1) is 0 Å². The smallest absolute Gasteiger partial charge is 0.340 e. The number of carbonyl (C=O) groups is 1. The molecule has 2 heterocycles. The number of aromatic nitrogens is 2. The highest BCUT2D eigenvalue weighted by atomic mass is 16.5. The number of rotatable bonds is 2. The maximum absolute atomic E-state index is 11.0. The molecule has 0 aliphatic heterocycles. The van der Waals surface area contributed by atoms with Crippen LogP contribution in [0.2, 0.25) is 0 Å². The summed E-state index contributed by atoms with van der Waals surface area (Å²) in [6.45, 7) is 0. The molecule has 0 spiro atoms. The molecule has 0 bridgehead atoms. The van der Waals surface area contributed by atoms with Crippen LogP contribution in [0.5, 0.6) is 5.75 Å². The summed E-state index contributed by atoms with van der Waals surface area (Å²) in [5.41, 5.74) is 0.682. The molecule has 0 saturated heterocycles. The number of aromatic amines is 1. The lowest BCUT2D eigenvalue weighted by Gasteiger charge is -2.04. The van der Waals surface area contributed by atoms with Crippen LogP contribution in [0.1, 0.15) is 10.4 Å². The molecule has 72 valence electrons. The first-order valence-electron chi connectivity index (χ1n) is 3.97. The molecule has 0 atom stereocenters. The van der Waals surface area contributed by atoms with E-state index in [2.05, 4.69) is 9.97 Å². The van der Waals surface area contributed by atoms with Gasteiger partial charge in [-0.15, -0.1) is 0 Å². The van der Waals surface area contributed by atoms with Crippen molar-refractivity contribution in [3.63, 3.8) is 0 Å². The number of fused-ring (bicyclic) bond motifs is 1. The zero-order valence-electron chi connectivity index (χ0n) is 7.44. The number of hydrogen-bond donors (Lipinski definition) is 2. The number of aromatic carboxylic acids is 1. The third kappa shape index (κ3) is 1.10. The molecule has 0 aromatic carbocycles. The van der Waals surface area contributed by atoms with Crippen LogP contribution < -0.4 is 4.74 Å². The Morgan fingerprint density at radius 1 is 1.64 bits per heavy atom. The number of pyridine rings is 1. The lowest BCUT2D eigenvalue weighted by molar-refractivity contribution is 0.0695. The molecule has 0 fully saturated rings. The van der Waals surface area contributed by atoms with E-state index >= 15 is 0 Å². The van der Waals surface area contributed by atoms with Crippen LogP contribution in [-0.4, -0.2) is 28.2 Å². The predicted octanol–water partition coefficient (Wildman–Crippen LogP) is 1.27. The Hall–Kier alpha value is -2.04. The first-order chi connectivity index (χ1) is 6.74. The zero-order chi connectivity index (χ0) is 10.1. The highest BCUT2D eigenvalue weighted by molar-refractivity contribution is 6.04. The Balaban J connectivity index is 2.82. The predicted molar refractivity (Wildman–Crippen MR) is 49.6 cm³/mol. The van der Waals surface area contributed by atoms with Gasteiger partial charge in [-0.25, -0.2) is 9.78 Å². The van der Waals surface area contributed by atoms with E-state index in [1.807, 2.05) is 0 Å². The number of H-pyrrole nitrogens is 1. The summed E-state index contributed by atoms with van der Waals surface area (Å²) < 4.78 is 4.93. The lowest BCUT2D eigenvalue weighted by atomic mass is 10.2. The topological polar surface area (TPSA) is 75.2 Å². The summed E-state index contributed by atoms with van der Waals surface area (Å²) in [5.74, 6) is -0.751. The van der Waals surface area contributed by atoms with E-state index in [9.17, 15) is 4.79 Å². The average Bonchev–Trinajstić information content (AvgIpc) is 2.62. The maximum Gasteiger partial charge on any atom is 0.340 e. The third-order valence-electron chi connectivity index (χ3n) is 1.99. The van der Waals surface area contributed by atoms with Crippen molar-refractivity contribution >= 4 is 17.0 Å². The van der Waals surface area contributed by atoms with Gasteiger partial charge in [0.05, 0.1) is 13.3 Å².